The van der Waals surface area contributed by atoms with Crippen LogP contribution in [0.15, 0.2) is 0 Å². The predicted molar refractivity (Wildman–Crippen MR) is 62.7 cm³/mol. The molecule has 1 aliphatic rings. The summed E-state index contributed by atoms with van der Waals surface area (Å²) < 4.78 is 5.04. The van der Waals surface area contributed by atoms with Gasteiger partial charge in [0, 0.05) is 13.0 Å². The molecule has 0 aromatic rings. The number of ether oxygens (including phenoxy) is 1. The zero-order valence-corrected chi connectivity index (χ0v) is 10.3. The van der Waals surface area contributed by atoms with Gasteiger partial charge in [-0.15, -0.1) is 0 Å². The number of unbranched alkanes of at least 4 members (excludes halogenated alkanes) is 2. The third-order valence-corrected chi connectivity index (χ3v) is 3.04. The number of nitrogens with one attached hydrogen (secondary N) is 1. The molecule has 2 atom stereocenters. The Kier molecular flexibility index (Phi) is 5.80. The number of hydrogen-bond donors (Lipinski definition) is 2. The SMILES string of the molecule is CC1CC1COC(=O)NCCCCCC(=O)O. The average molecular weight is 243 g/mol. The van der Waals surface area contributed by atoms with Crippen molar-refractivity contribution in [2.24, 2.45) is 11.8 Å². The van der Waals surface area contributed by atoms with Gasteiger partial charge in [-0.05, 0) is 31.1 Å². The summed E-state index contributed by atoms with van der Waals surface area (Å²) in [5.41, 5.74) is 0. The number of carboxylic acids is 1. The Labute approximate surface area is 102 Å². The second-order valence-electron chi connectivity index (χ2n) is 4.70. The average Bonchev–Trinajstić information content (AvgIpc) is 2.96. The second kappa shape index (κ2) is 7.14. The van der Waals surface area contributed by atoms with E-state index < -0.39 is 5.97 Å². The van der Waals surface area contributed by atoms with Gasteiger partial charge in [-0.2, -0.15) is 0 Å². The van der Waals surface area contributed by atoms with E-state index in [0.717, 1.165) is 19.3 Å². The molecule has 98 valence electrons. The maximum Gasteiger partial charge on any atom is 0.407 e. The molecule has 0 radical (unpaired) electrons. The highest BCUT2D eigenvalue weighted by molar-refractivity contribution is 5.67. The van der Waals surface area contributed by atoms with E-state index >= 15 is 0 Å². The van der Waals surface area contributed by atoms with Crippen LogP contribution in [-0.2, 0) is 9.53 Å². The molecule has 0 aliphatic heterocycles. The van der Waals surface area contributed by atoms with Gasteiger partial charge in [-0.3, -0.25) is 4.79 Å². The van der Waals surface area contributed by atoms with Gasteiger partial charge in [0.25, 0.3) is 0 Å². The van der Waals surface area contributed by atoms with Gasteiger partial charge in [-0.1, -0.05) is 13.3 Å². The number of amides is 1. The molecule has 0 bridgehead atoms. The van der Waals surface area contributed by atoms with Gasteiger partial charge in [0.05, 0.1) is 6.61 Å². The molecule has 0 saturated heterocycles. The van der Waals surface area contributed by atoms with Crippen molar-refractivity contribution in [1.82, 2.24) is 5.32 Å². The van der Waals surface area contributed by atoms with Crippen LogP contribution in [0.2, 0.25) is 0 Å². The Bertz CT molecular complexity index is 267. The van der Waals surface area contributed by atoms with E-state index in [1.54, 1.807) is 0 Å². The van der Waals surface area contributed by atoms with Crippen molar-refractivity contribution in [3.05, 3.63) is 0 Å². The molecule has 1 fully saturated rings. The first kappa shape index (κ1) is 13.8. The summed E-state index contributed by atoms with van der Waals surface area (Å²) in [7, 11) is 0. The highest BCUT2D eigenvalue weighted by atomic mass is 16.5. The van der Waals surface area contributed by atoms with Crippen molar-refractivity contribution in [2.75, 3.05) is 13.2 Å². The van der Waals surface area contributed by atoms with E-state index in [2.05, 4.69) is 12.2 Å². The molecule has 1 saturated carbocycles. The molecular weight excluding hydrogens is 222 g/mol. The highest BCUT2D eigenvalue weighted by Crippen LogP contribution is 2.37. The lowest BCUT2D eigenvalue weighted by Gasteiger charge is -2.06. The number of hydrogen-bond acceptors (Lipinski definition) is 3. The molecule has 0 aromatic carbocycles. The normalized spacial score (nSPS) is 21.9. The number of alkyl carbamates (subject to hydrolysis) is 1. The van der Waals surface area contributed by atoms with E-state index in [1.807, 2.05) is 0 Å². The van der Waals surface area contributed by atoms with E-state index in [-0.39, 0.29) is 12.5 Å². The summed E-state index contributed by atoms with van der Waals surface area (Å²) in [6, 6.07) is 0. The van der Waals surface area contributed by atoms with E-state index in [1.165, 1.54) is 0 Å². The van der Waals surface area contributed by atoms with Crippen molar-refractivity contribution in [1.29, 1.82) is 0 Å². The number of carboxylic acid groups (broad SMARTS) is 1. The first-order valence-corrected chi connectivity index (χ1v) is 6.22. The van der Waals surface area contributed by atoms with Gasteiger partial charge < -0.3 is 15.2 Å². The maximum absolute atomic E-state index is 11.2. The number of carbonyl (C=O) groups is 2. The van der Waals surface area contributed by atoms with Crippen LogP contribution in [0.4, 0.5) is 4.79 Å². The Morgan fingerprint density at radius 2 is 2.06 bits per heavy atom. The van der Waals surface area contributed by atoms with Gasteiger partial charge in [0.1, 0.15) is 0 Å². The van der Waals surface area contributed by atoms with Crippen molar-refractivity contribution in [2.45, 2.75) is 39.0 Å². The smallest absolute Gasteiger partial charge is 0.407 e. The van der Waals surface area contributed by atoms with Crippen LogP contribution >= 0.6 is 0 Å². The Hall–Kier alpha value is -1.26. The zero-order chi connectivity index (χ0) is 12.7. The third-order valence-electron chi connectivity index (χ3n) is 3.04. The lowest BCUT2D eigenvalue weighted by molar-refractivity contribution is -0.137. The van der Waals surface area contributed by atoms with Crippen molar-refractivity contribution in [3.63, 3.8) is 0 Å². The standard InChI is InChI=1S/C12H21NO4/c1-9-7-10(9)8-17-12(16)13-6-4-2-3-5-11(14)15/h9-10H,2-8H2,1H3,(H,13,16)(H,14,15). The van der Waals surface area contributed by atoms with Crippen molar-refractivity contribution in [3.8, 4) is 0 Å². The van der Waals surface area contributed by atoms with Gasteiger partial charge in [0.15, 0.2) is 0 Å². The van der Waals surface area contributed by atoms with Gasteiger partial charge in [0.2, 0.25) is 0 Å². The molecule has 2 N–H and O–H groups in total. The third kappa shape index (κ3) is 6.81. The summed E-state index contributed by atoms with van der Waals surface area (Å²) in [4.78, 5) is 21.4. The molecule has 1 aliphatic carbocycles. The predicted octanol–water partition coefficient (Wildman–Crippen LogP) is 2.01. The minimum absolute atomic E-state index is 0.198. The largest absolute Gasteiger partial charge is 0.481 e. The van der Waals surface area contributed by atoms with Crippen molar-refractivity contribution < 1.29 is 19.4 Å². The summed E-state index contributed by atoms with van der Waals surface area (Å²) in [6.07, 6.45) is 3.26. The zero-order valence-electron chi connectivity index (χ0n) is 10.3. The Balaban J connectivity index is 1.84. The molecule has 5 nitrogen and oxygen atoms in total. The fourth-order valence-corrected chi connectivity index (χ4v) is 1.63. The second-order valence-corrected chi connectivity index (χ2v) is 4.70. The van der Waals surface area contributed by atoms with Crippen LogP contribution in [-0.4, -0.2) is 30.3 Å². The minimum Gasteiger partial charge on any atom is -0.481 e. The maximum atomic E-state index is 11.2. The van der Waals surface area contributed by atoms with E-state index in [4.69, 9.17) is 9.84 Å². The molecule has 0 heterocycles. The van der Waals surface area contributed by atoms with Crippen LogP contribution in [0.5, 0.6) is 0 Å². The summed E-state index contributed by atoms with van der Waals surface area (Å²) in [5, 5.41) is 11.1. The highest BCUT2D eigenvalue weighted by Gasteiger charge is 2.33. The van der Waals surface area contributed by atoms with Crippen LogP contribution < -0.4 is 5.32 Å². The minimum atomic E-state index is -0.768. The topological polar surface area (TPSA) is 75.6 Å². The first-order valence-electron chi connectivity index (χ1n) is 6.22. The lowest BCUT2D eigenvalue weighted by Crippen LogP contribution is -2.26. The molecular formula is C12H21NO4. The van der Waals surface area contributed by atoms with E-state index in [0.29, 0.717) is 31.4 Å². The monoisotopic (exact) mass is 243 g/mol. The summed E-state index contributed by atoms with van der Waals surface area (Å²) >= 11 is 0. The van der Waals surface area contributed by atoms with Crippen molar-refractivity contribution >= 4 is 12.1 Å². The summed E-state index contributed by atoms with van der Waals surface area (Å²) in [6.45, 7) is 3.22. The van der Waals surface area contributed by atoms with Gasteiger partial charge >= 0.3 is 12.1 Å². The Morgan fingerprint density at radius 3 is 2.65 bits per heavy atom. The quantitative estimate of drug-likeness (QED) is 0.639. The van der Waals surface area contributed by atoms with Gasteiger partial charge in [-0.25, -0.2) is 4.79 Å². The van der Waals surface area contributed by atoms with Crippen LogP contribution in [0.1, 0.15) is 39.0 Å². The fourth-order valence-electron chi connectivity index (χ4n) is 1.63. The van der Waals surface area contributed by atoms with Crippen LogP contribution in [0.25, 0.3) is 0 Å². The number of rotatable bonds is 8. The lowest BCUT2D eigenvalue weighted by atomic mass is 10.2. The first-order chi connectivity index (χ1) is 8.09. The molecule has 1 rings (SSSR count). The molecule has 0 aromatic heterocycles. The summed E-state index contributed by atoms with van der Waals surface area (Å²) in [5.74, 6) is 0.478. The van der Waals surface area contributed by atoms with Crippen LogP contribution in [0.3, 0.4) is 0 Å². The molecule has 0 spiro atoms. The fraction of sp³-hybridized carbons (Fsp3) is 0.833. The van der Waals surface area contributed by atoms with E-state index in [9.17, 15) is 9.59 Å². The molecule has 1 amide bonds. The molecule has 17 heavy (non-hydrogen) atoms. The number of aliphatic carboxylic acids is 1. The molecule has 5 heteroatoms. The number of carbonyl (C=O) groups excluding carboxylic acids is 1. The molecule has 2 unspecified atom stereocenters. The Morgan fingerprint density at radius 1 is 1.35 bits per heavy atom. The van der Waals surface area contributed by atoms with Crippen LogP contribution in [0, 0.1) is 11.8 Å².